The molecule has 0 fully saturated rings. The van der Waals surface area contributed by atoms with E-state index in [0.717, 1.165) is 24.1 Å². The lowest BCUT2D eigenvalue weighted by atomic mass is 10.1. The van der Waals surface area contributed by atoms with E-state index in [9.17, 15) is 9.59 Å². The van der Waals surface area contributed by atoms with Crippen molar-refractivity contribution in [2.45, 2.75) is 65.2 Å². The molecule has 0 aromatic heterocycles. The first-order chi connectivity index (χ1) is 10.7. The minimum atomic E-state index is -0.354. The number of carbonyl (C=O) groups is 2. The van der Waals surface area contributed by atoms with Crippen LogP contribution in [0.3, 0.4) is 0 Å². The molecule has 1 aromatic carbocycles. The summed E-state index contributed by atoms with van der Waals surface area (Å²) in [6, 6.07) is 5.57. The van der Waals surface area contributed by atoms with E-state index in [0.29, 0.717) is 12.1 Å². The van der Waals surface area contributed by atoms with Crippen LogP contribution >= 0.6 is 0 Å². The van der Waals surface area contributed by atoms with Crippen molar-refractivity contribution in [2.24, 2.45) is 0 Å². The molecule has 0 saturated heterocycles. The van der Waals surface area contributed by atoms with E-state index in [1.807, 2.05) is 19.1 Å². The lowest BCUT2D eigenvalue weighted by Gasteiger charge is -2.18. The van der Waals surface area contributed by atoms with Crippen molar-refractivity contribution in [1.82, 2.24) is 0 Å². The van der Waals surface area contributed by atoms with E-state index in [2.05, 4.69) is 6.92 Å². The highest BCUT2D eigenvalue weighted by Crippen LogP contribution is 2.32. The first-order valence-electron chi connectivity index (χ1n) is 8.62. The number of ketones is 1. The normalized spacial score (nSPS) is 13.8. The van der Waals surface area contributed by atoms with E-state index < -0.39 is 0 Å². The zero-order valence-corrected chi connectivity index (χ0v) is 13.9. The Morgan fingerprint density at radius 3 is 2.23 bits per heavy atom. The van der Waals surface area contributed by atoms with Crippen molar-refractivity contribution in [3.05, 3.63) is 29.3 Å². The van der Waals surface area contributed by atoms with Crippen LogP contribution in [-0.2, 0) is 4.79 Å². The summed E-state index contributed by atoms with van der Waals surface area (Å²) in [6.07, 6.45) is 9.87. The van der Waals surface area contributed by atoms with Crippen LogP contribution in [0.25, 0.3) is 0 Å². The smallest absolute Gasteiger partial charge is 0.299 e. The molecule has 0 radical (unpaired) electrons. The van der Waals surface area contributed by atoms with Gasteiger partial charge in [-0.05, 0) is 25.0 Å². The van der Waals surface area contributed by atoms with Crippen molar-refractivity contribution in [1.29, 1.82) is 0 Å². The SMILES string of the molecule is CCCCCCCCCCN1C(=O)C(=O)c2cccc(C)c21. The molecule has 2 rings (SSSR count). The van der Waals surface area contributed by atoms with Crippen molar-refractivity contribution < 1.29 is 9.59 Å². The van der Waals surface area contributed by atoms with Crippen molar-refractivity contribution >= 4 is 17.4 Å². The Morgan fingerprint density at radius 2 is 1.55 bits per heavy atom. The molecule has 1 aromatic rings. The highest BCUT2D eigenvalue weighted by Gasteiger charge is 2.36. The molecule has 1 aliphatic heterocycles. The fraction of sp³-hybridized carbons (Fsp3) is 0.579. The van der Waals surface area contributed by atoms with Crippen LogP contribution < -0.4 is 4.90 Å². The van der Waals surface area contributed by atoms with Crippen LogP contribution in [-0.4, -0.2) is 18.2 Å². The third-order valence-electron chi connectivity index (χ3n) is 4.43. The van der Waals surface area contributed by atoms with Gasteiger partial charge in [-0.15, -0.1) is 0 Å². The Kier molecular flexibility index (Phi) is 6.17. The summed E-state index contributed by atoms with van der Waals surface area (Å²) in [5, 5.41) is 0. The van der Waals surface area contributed by atoms with E-state index in [4.69, 9.17) is 0 Å². The second-order valence-electron chi connectivity index (χ2n) is 6.23. The number of nitrogens with zero attached hydrogens (tertiary/aromatic N) is 1. The monoisotopic (exact) mass is 301 g/mol. The molecule has 0 aliphatic carbocycles. The maximum atomic E-state index is 12.1. The fourth-order valence-corrected chi connectivity index (χ4v) is 3.16. The summed E-state index contributed by atoms with van der Waals surface area (Å²) in [6.45, 7) is 4.86. The van der Waals surface area contributed by atoms with Crippen molar-refractivity contribution in [3.8, 4) is 0 Å². The standard InChI is InChI=1S/C19H27NO2/c1-3-4-5-6-7-8-9-10-14-20-17-15(2)12-11-13-16(17)18(21)19(20)22/h11-13H,3-10,14H2,1-2H3. The summed E-state index contributed by atoms with van der Waals surface area (Å²) in [7, 11) is 0. The number of aryl methyl sites for hydroxylation is 1. The number of amides is 1. The lowest BCUT2D eigenvalue weighted by molar-refractivity contribution is -0.114. The maximum absolute atomic E-state index is 12.1. The number of anilines is 1. The van der Waals surface area contributed by atoms with Gasteiger partial charge in [0.05, 0.1) is 11.3 Å². The molecule has 1 aliphatic rings. The van der Waals surface area contributed by atoms with Crippen LogP contribution in [0.1, 0.15) is 74.2 Å². The summed E-state index contributed by atoms with van der Waals surface area (Å²) < 4.78 is 0. The van der Waals surface area contributed by atoms with Gasteiger partial charge in [0.15, 0.2) is 0 Å². The van der Waals surface area contributed by atoms with Gasteiger partial charge in [-0.1, -0.05) is 64.0 Å². The summed E-state index contributed by atoms with van der Waals surface area (Å²) in [5.74, 6) is -0.703. The molecule has 22 heavy (non-hydrogen) atoms. The predicted molar refractivity (Wildman–Crippen MR) is 90.5 cm³/mol. The van der Waals surface area contributed by atoms with Crippen LogP contribution in [0.2, 0.25) is 0 Å². The Balaban J connectivity index is 1.79. The minimum Gasteiger partial charge on any atom is -0.304 e. The fourth-order valence-electron chi connectivity index (χ4n) is 3.16. The number of benzene rings is 1. The topological polar surface area (TPSA) is 37.4 Å². The van der Waals surface area contributed by atoms with E-state index >= 15 is 0 Å². The molecular weight excluding hydrogens is 274 g/mol. The minimum absolute atomic E-state index is 0.349. The molecule has 0 saturated carbocycles. The lowest BCUT2D eigenvalue weighted by Crippen LogP contribution is -2.31. The van der Waals surface area contributed by atoms with E-state index in [1.165, 1.54) is 38.5 Å². The molecule has 3 nitrogen and oxygen atoms in total. The van der Waals surface area contributed by atoms with Crippen LogP contribution in [0.5, 0.6) is 0 Å². The number of carbonyl (C=O) groups excluding carboxylic acids is 2. The van der Waals surface area contributed by atoms with Gasteiger partial charge >= 0.3 is 0 Å². The number of unbranched alkanes of at least 4 members (excludes halogenated alkanes) is 7. The largest absolute Gasteiger partial charge is 0.304 e. The van der Waals surface area contributed by atoms with Gasteiger partial charge < -0.3 is 4.90 Å². The van der Waals surface area contributed by atoms with Crippen molar-refractivity contribution in [2.75, 3.05) is 11.4 Å². The average Bonchev–Trinajstić information content (AvgIpc) is 2.76. The summed E-state index contributed by atoms with van der Waals surface area (Å²) in [4.78, 5) is 25.8. The third-order valence-corrected chi connectivity index (χ3v) is 4.43. The zero-order chi connectivity index (χ0) is 15.9. The molecule has 0 atom stereocenters. The molecular formula is C19H27NO2. The average molecular weight is 301 g/mol. The highest BCUT2D eigenvalue weighted by molar-refractivity contribution is 6.52. The molecule has 0 unspecified atom stereocenters. The Hall–Kier alpha value is -1.64. The number of para-hydroxylation sites is 1. The first-order valence-corrected chi connectivity index (χ1v) is 8.62. The molecule has 0 spiro atoms. The van der Waals surface area contributed by atoms with Gasteiger partial charge in [0.1, 0.15) is 0 Å². The second kappa shape index (κ2) is 8.11. The third kappa shape index (κ3) is 3.76. The highest BCUT2D eigenvalue weighted by atomic mass is 16.2. The Bertz CT molecular complexity index is 536. The maximum Gasteiger partial charge on any atom is 0.299 e. The number of fused-ring (bicyclic) bond motifs is 1. The number of Topliss-reactive ketones (excluding diaryl/α,β-unsaturated/α-hetero) is 1. The first kappa shape index (κ1) is 16.7. The molecule has 120 valence electrons. The van der Waals surface area contributed by atoms with Gasteiger partial charge in [-0.3, -0.25) is 9.59 Å². The van der Waals surface area contributed by atoms with Crippen LogP contribution in [0.15, 0.2) is 18.2 Å². The van der Waals surface area contributed by atoms with Gasteiger partial charge in [-0.25, -0.2) is 0 Å². The molecule has 1 heterocycles. The Morgan fingerprint density at radius 1 is 0.909 bits per heavy atom. The molecule has 0 bridgehead atoms. The second-order valence-corrected chi connectivity index (χ2v) is 6.23. The van der Waals surface area contributed by atoms with Gasteiger partial charge in [0.2, 0.25) is 0 Å². The van der Waals surface area contributed by atoms with Crippen LogP contribution in [0, 0.1) is 6.92 Å². The summed E-state index contributed by atoms with van der Waals surface area (Å²) in [5.41, 5.74) is 2.42. The number of hydrogen-bond acceptors (Lipinski definition) is 2. The Labute approximate surface area is 133 Å². The van der Waals surface area contributed by atoms with Gasteiger partial charge in [0, 0.05) is 6.54 Å². The molecule has 3 heteroatoms. The summed E-state index contributed by atoms with van der Waals surface area (Å²) >= 11 is 0. The van der Waals surface area contributed by atoms with Gasteiger partial charge in [-0.2, -0.15) is 0 Å². The molecule has 0 N–H and O–H groups in total. The molecule has 1 amide bonds. The van der Waals surface area contributed by atoms with E-state index in [1.54, 1.807) is 11.0 Å². The quantitative estimate of drug-likeness (QED) is 0.491. The number of rotatable bonds is 9. The predicted octanol–water partition coefficient (Wildman–Crippen LogP) is 4.67. The van der Waals surface area contributed by atoms with E-state index in [-0.39, 0.29) is 11.7 Å². The van der Waals surface area contributed by atoms with Crippen molar-refractivity contribution in [3.63, 3.8) is 0 Å². The number of hydrogen-bond donors (Lipinski definition) is 0. The van der Waals surface area contributed by atoms with Gasteiger partial charge in [0.25, 0.3) is 11.7 Å². The zero-order valence-electron chi connectivity index (χ0n) is 13.9. The van der Waals surface area contributed by atoms with Crippen LogP contribution in [0.4, 0.5) is 5.69 Å².